The summed E-state index contributed by atoms with van der Waals surface area (Å²) in [6.07, 6.45) is 2.59. The Kier molecular flexibility index (Phi) is 5.97. The van der Waals surface area contributed by atoms with Crippen molar-refractivity contribution in [3.8, 4) is 6.07 Å². The second-order valence-corrected chi connectivity index (χ2v) is 9.24. The molecular weight excluding hydrogens is 394 g/mol. The van der Waals surface area contributed by atoms with Crippen molar-refractivity contribution in [2.24, 2.45) is 0 Å². The number of hydrogen-bond donors (Lipinski definition) is 1. The number of benzene rings is 2. The quantitative estimate of drug-likeness (QED) is 0.472. The van der Waals surface area contributed by atoms with Gasteiger partial charge in [0.15, 0.2) is 0 Å². The number of carbonyl (C=O) groups excluding carboxylic acids is 1. The monoisotopic (exact) mass is 421 g/mol. The van der Waals surface area contributed by atoms with E-state index in [2.05, 4.69) is 38.0 Å². The van der Waals surface area contributed by atoms with Crippen LogP contribution >= 0.6 is 11.6 Å². The first-order chi connectivity index (χ1) is 14.0. The van der Waals surface area contributed by atoms with Gasteiger partial charge in [0.05, 0.1) is 0 Å². The van der Waals surface area contributed by atoms with Crippen molar-refractivity contribution in [2.45, 2.75) is 52.5 Å². The van der Waals surface area contributed by atoms with E-state index >= 15 is 0 Å². The summed E-state index contributed by atoms with van der Waals surface area (Å²) in [5, 5.41) is 12.9. The van der Waals surface area contributed by atoms with E-state index in [4.69, 9.17) is 11.6 Å². The molecule has 1 amide bonds. The average molecular weight is 422 g/mol. The SMILES string of the molecule is Cc1ccc(NC(=O)/C(C#N)=C\c2cc3c(cc2Cl)N(C)C(C)(C)C[C@H]3C)cc1C. The van der Waals surface area contributed by atoms with E-state index < -0.39 is 5.91 Å². The number of fused-ring (bicyclic) bond motifs is 1. The van der Waals surface area contributed by atoms with Crippen LogP contribution in [0.1, 0.15) is 55.4 Å². The number of hydrogen-bond acceptors (Lipinski definition) is 3. The molecule has 5 heteroatoms. The maximum atomic E-state index is 12.7. The lowest BCUT2D eigenvalue weighted by Gasteiger charge is -2.45. The molecule has 0 saturated carbocycles. The number of rotatable bonds is 3. The molecule has 1 N–H and O–H groups in total. The van der Waals surface area contributed by atoms with Gasteiger partial charge in [0, 0.05) is 29.0 Å². The fourth-order valence-electron chi connectivity index (χ4n) is 4.04. The molecule has 4 nitrogen and oxygen atoms in total. The van der Waals surface area contributed by atoms with Crippen LogP contribution in [0.15, 0.2) is 35.9 Å². The highest BCUT2D eigenvalue weighted by atomic mass is 35.5. The zero-order valence-electron chi connectivity index (χ0n) is 18.4. The van der Waals surface area contributed by atoms with Crippen LogP contribution in [0.25, 0.3) is 6.08 Å². The highest BCUT2D eigenvalue weighted by molar-refractivity contribution is 6.32. The van der Waals surface area contributed by atoms with E-state index in [-0.39, 0.29) is 11.1 Å². The second-order valence-electron chi connectivity index (χ2n) is 8.83. The fraction of sp³-hybridized carbons (Fsp3) is 0.360. The number of carbonyl (C=O) groups is 1. The van der Waals surface area contributed by atoms with Crippen molar-refractivity contribution in [3.05, 3.63) is 63.2 Å². The first-order valence-corrected chi connectivity index (χ1v) is 10.5. The molecule has 0 saturated heterocycles. The molecule has 1 atom stereocenters. The van der Waals surface area contributed by atoms with Crippen molar-refractivity contribution < 1.29 is 4.79 Å². The normalized spacial score (nSPS) is 17.9. The number of amides is 1. The molecule has 3 rings (SSSR count). The molecule has 1 aliphatic heterocycles. The van der Waals surface area contributed by atoms with Crippen LogP contribution in [0.3, 0.4) is 0 Å². The zero-order chi connectivity index (χ0) is 22.2. The van der Waals surface area contributed by atoms with Gasteiger partial charge in [0.25, 0.3) is 5.91 Å². The molecule has 0 spiro atoms. The molecule has 156 valence electrons. The zero-order valence-corrected chi connectivity index (χ0v) is 19.2. The van der Waals surface area contributed by atoms with Gasteiger partial charge in [0.2, 0.25) is 0 Å². The largest absolute Gasteiger partial charge is 0.369 e. The van der Waals surface area contributed by atoms with E-state index in [1.165, 1.54) is 5.56 Å². The molecule has 0 bridgehead atoms. The number of nitrogens with zero attached hydrogens (tertiary/aromatic N) is 2. The van der Waals surface area contributed by atoms with Crippen molar-refractivity contribution in [1.29, 1.82) is 5.26 Å². The minimum Gasteiger partial charge on any atom is -0.369 e. The van der Waals surface area contributed by atoms with Crippen LogP contribution in [0, 0.1) is 25.2 Å². The number of anilines is 2. The first-order valence-electron chi connectivity index (χ1n) is 10.1. The van der Waals surface area contributed by atoms with Crippen molar-refractivity contribution in [3.63, 3.8) is 0 Å². The highest BCUT2D eigenvalue weighted by Crippen LogP contribution is 2.44. The van der Waals surface area contributed by atoms with Gasteiger partial charge in [-0.1, -0.05) is 24.6 Å². The van der Waals surface area contributed by atoms with Gasteiger partial charge in [-0.15, -0.1) is 0 Å². The Morgan fingerprint density at radius 2 is 1.97 bits per heavy atom. The summed E-state index contributed by atoms with van der Waals surface area (Å²) in [4.78, 5) is 14.9. The maximum absolute atomic E-state index is 12.7. The molecule has 0 radical (unpaired) electrons. The number of nitriles is 1. The summed E-state index contributed by atoms with van der Waals surface area (Å²) < 4.78 is 0. The Labute approximate surface area is 184 Å². The van der Waals surface area contributed by atoms with Gasteiger partial charge in [-0.05, 0) is 92.6 Å². The summed E-state index contributed by atoms with van der Waals surface area (Å²) in [6.45, 7) is 10.6. The molecule has 30 heavy (non-hydrogen) atoms. The molecule has 0 aliphatic carbocycles. The topological polar surface area (TPSA) is 56.1 Å². The fourth-order valence-corrected chi connectivity index (χ4v) is 4.25. The Morgan fingerprint density at radius 3 is 2.60 bits per heavy atom. The smallest absolute Gasteiger partial charge is 0.266 e. The summed E-state index contributed by atoms with van der Waals surface area (Å²) >= 11 is 6.56. The van der Waals surface area contributed by atoms with E-state index in [1.807, 2.05) is 50.2 Å². The molecule has 1 aliphatic rings. The van der Waals surface area contributed by atoms with Crippen LogP contribution in [0.5, 0.6) is 0 Å². The van der Waals surface area contributed by atoms with Gasteiger partial charge in [0.1, 0.15) is 11.6 Å². The van der Waals surface area contributed by atoms with Gasteiger partial charge >= 0.3 is 0 Å². The maximum Gasteiger partial charge on any atom is 0.266 e. The molecule has 0 aromatic heterocycles. The third kappa shape index (κ3) is 4.22. The third-order valence-corrected chi connectivity index (χ3v) is 6.51. The van der Waals surface area contributed by atoms with Gasteiger partial charge in [-0.2, -0.15) is 5.26 Å². The first kappa shape index (κ1) is 21.9. The number of aryl methyl sites for hydroxylation is 2. The Hall–Kier alpha value is -2.77. The van der Waals surface area contributed by atoms with E-state index in [1.54, 1.807) is 6.08 Å². The molecule has 0 fully saturated rings. The average Bonchev–Trinajstić information content (AvgIpc) is 2.67. The molecular formula is C25H28ClN3O. The summed E-state index contributed by atoms with van der Waals surface area (Å²) in [5.41, 5.74) is 5.91. The minimum absolute atomic E-state index is 0.0206. The Morgan fingerprint density at radius 1 is 1.27 bits per heavy atom. The van der Waals surface area contributed by atoms with Gasteiger partial charge in [-0.25, -0.2) is 0 Å². The third-order valence-electron chi connectivity index (χ3n) is 6.18. The number of nitrogens with one attached hydrogen (secondary N) is 1. The van der Waals surface area contributed by atoms with Crippen molar-refractivity contribution in [1.82, 2.24) is 0 Å². The van der Waals surface area contributed by atoms with E-state index in [0.29, 0.717) is 22.2 Å². The summed E-state index contributed by atoms with van der Waals surface area (Å²) in [7, 11) is 2.08. The minimum atomic E-state index is -0.444. The second kappa shape index (κ2) is 8.16. The lowest BCUT2D eigenvalue weighted by atomic mass is 9.80. The van der Waals surface area contributed by atoms with Gasteiger partial charge in [-0.3, -0.25) is 4.79 Å². The van der Waals surface area contributed by atoms with Crippen LogP contribution in [0.4, 0.5) is 11.4 Å². The van der Waals surface area contributed by atoms with Crippen molar-refractivity contribution >= 4 is 35.0 Å². The van der Waals surface area contributed by atoms with Crippen LogP contribution in [0.2, 0.25) is 5.02 Å². The lowest BCUT2D eigenvalue weighted by Crippen LogP contribution is -2.45. The lowest BCUT2D eigenvalue weighted by molar-refractivity contribution is -0.112. The highest BCUT2D eigenvalue weighted by Gasteiger charge is 2.34. The summed E-state index contributed by atoms with van der Waals surface area (Å²) in [5.74, 6) is -0.0913. The summed E-state index contributed by atoms with van der Waals surface area (Å²) in [6, 6.07) is 11.6. The molecule has 2 aromatic rings. The molecule has 2 aromatic carbocycles. The predicted octanol–water partition coefficient (Wildman–Crippen LogP) is 6.22. The Bertz CT molecular complexity index is 1080. The van der Waals surface area contributed by atoms with E-state index in [0.717, 1.165) is 23.2 Å². The number of halogens is 1. The van der Waals surface area contributed by atoms with Crippen LogP contribution < -0.4 is 10.2 Å². The van der Waals surface area contributed by atoms with Crippen LogP contribution in [-0.2, 0) is 4.79 Å². The van der Waals surface area contributed by atoms with Gasteiger partial charge < -0.3 is 10.2 Å². The standard InChI is InChI=1S/C25H28ClN3O/c1-15-7-8-20(9-16(15)2)28-24(30)19(14-27)10-18-11-21-17(3)13-25(4,5)29(6)23(21)12-22(18)26/h7-12,17H,13H2,1-6H3,(H,28,30)/b19-10-/t17-/m1/s1. The van der Waals surface area contributed by atoms with E-state index in [9.17, 15) is 10.1 Å². The van der Waals surface area contributed by atoms with Crippen LogP contribution in [-0.4, -0.2) is 18.5 Å². The molecule has 1 heterocycles. The van der Waals surface area contributed by atoms with Crippen molar-refractivity contribution in [2.75, 3.05) is 17.3 Å². The Balaban J connectivity index is 1.94. The molecule has 0 unspecified atom stereocenters. The predicted molar refractivity (Wildman–Crippen MR) is 125 cm³/mol.